The average molecular weight is 394 g/mol. The standard InChI is InChI=1S/C22H22N2O5/c1-14-3-5-15(6-4-14)22(27)24(7-2-8-25)12-17-9-16-10-19-20(29-13-28-19)11-18(16)23-21(17)26/h3-6,9-11,25H,2,7-8,12-13H2,1H3,(H,23,26). The Balaban J connectivity index is 1.66. The Hall–Kier alpha value is -3.32. The normalized spacial score (nSPS) is 12.3. The van der Waals surface area contributed by atoms with Crippen LogP contribution in [0.1, 0.15) is 27.9 Å². The Morgan fingerprint density at radius 3 is 2.59 bits per heavy atom. The van der Waals surface area contributed by atoms with Crippen molar-refractivity contribution in [1.29, 1.82) is 0 Å². The number of aryl methyl sites for hydroxylation is 1. The summed E-state index contributed by atoms with van der Waals surface area (Å²) in [5.41, 5.74) is 2.47. The van der Waals surface area contributed by atoms with Crippen LogP contribution >= 0.6 is 0 Å². The second-order valence-corrected chi connectivity index (χ2v) is 7.09. The number of H-pyrrole nitrogens is 1. The minimum atomic E-state index is -0.262. The predicted octanol–water partition coefficient (Wildman–Crippen LogP) is 2.59. The Morgan fingerprint density at radius 2 is 1.86 bits per heavy atom. The van der Waals surface area contributed by atoms with Gasteiger partial charge in [-0.25, -0.2) is 0 Å². The van der Waals surface area contributed by atoms with Crippen LogP contribution in [0.25, 0.3) is 10.9 Å². The lowest BCUT2D eigenvalue weighted by Crippen LogP contribution is -2.34. The maximum absolute atomic E-state index is 13.0. The fraction of sp³-hybridized carbons (Fsp3) is 0.273. The molecule has 150 valence electrons. The fourth-order valence-electron chi connectivity index (χ4n) is 3.36. The number of benzene rings is 2. The number of aliphatic hydroxyl groups excluding tert-OH is 1. The van der Waals surface area contributed by atoms with Gasteiger partial charge in [-0.2, -0.15) is 0 Å². The molecular formula is C22H22N2O5. The summed E-state index contributed by atoms with van der Waals surface area (Å²) in [4.78, 5) is 30.1. The molecule has 0 fully saturated rings. The van der Waals surface area contributed by atoms with E-state index in [9.17, 15) is 14.7 Å². The van der Waals surface area contributed by atoms with Crippen molar-refractivity contribution in [3.63, 3.8) is 0 Å². The zero-order valence-electron chi connectivity index (χ0n) is 16.1. The van der Waals surface area contributed by atoms with Gasteiger partial charge in [-0.3, -0.25) is 9.59 Å². The van der Waals surface area contributed by atoms with Crippen LogP contribution in [0.4, 0.5) is 0 Å². The van der Waals surface area contributed by atoms with E-state index < -0.39 is 0 Å². The summed E-state index contributed by atoms with van der Waals surface area (Å²) in [5.74, 6) is 1.05. The number of nitrogens with one attached hydrogen (secondary N) is 1. The molecule has 0 saturated carbocycles. The third kappa shape index (κ3) is 3.95. The summed E-state index contributed by atoms with van der Waals surface area (Å²) in [6, 6.07) is 12.6. The number of rotatable bonds is 6. The Labute approximate surface area is 167 Å². The molecule has 4 rings (SSSR count). The molecule has 3 aromatic rings. The van der Waals surface area contributed by atoms with Crippen molar-refractivity contribution in [1.82, 2.24) is 9.88 Å². The first-order valence-corrected chi connectivity index (χ1v) is 9.47. The number of hydrogen-bond acceptors (Lipinski definition) is 5. The second kappa shape index (κ2) is 7.97. The molecule has 0 bridgehead atoms. The summed E-state index contributed by atoms with van der Waals surface area (Å²) < 4.78 is 10.8. The predicted molar refractivity (Wildman–Crippen MR) is 108 cm³/mol. The number of aliphatic hydroxyl groups is 1. The highest BCUT2D eigenvalue weighted by atomic mass is 16.7. The maximum Gasteiger partial charge on any atom is 0.254 e. The first-order valence-electron chi connectivity index (χ1n) is 9.47. The van der Waals surface area contributed by atoms with Crippen molar-refractivity contribution in [2.75, 3.05) is 19.9 Å². The van der Waals surface area contributed by atoms with Crippen molar-refractivity contribution < 1.29 is 19.4 Å². The Morgan fingerprint density at radius 1 is 1.14 bits per heavy atom. The lowest BCUT2D eigenvalue weighted by molar-refractivity contribution is 0.0731. The molecule has 0 saturated heterocycles. The topological polar surface area (TPSA) is 91.9 Å². The monoisotopic (exact) mass is 394 g/mol. The number of ether oxygens (including phenoxy) is 2. The van der Waals surface area contributed by atoms with Gasteiger partial charge >= 0.3 is 0 Å². The molecule has 1 aliphatic heterocycles. The van der Waals surface area contributed by atoms with E-state index in [-0.39, 0.29) is 31.4 Å². The molecule has 0 radical (unpaired) electrons. The number of aromatic nitrogens is 1. The summed E-state index contributed by atoms with van der Waals surface area (Å²) in [5, 5.41) is 10.0. The average Bonchev–Trinajstić information content (AvgIpc) is 3.17. The van der Waals surface area contributed by atoms with E-state index in [1.807, 2.05) is 25.1 Å². The highest BCUT2D eigenvalue weighted by Crippen LogP contribution is 2.35. The SMILES string of the molecule is Cc1ccc(C(=O)N(CCCO)Cc2cc3cc4c(cc3[nH]c2=O)OCO4)cc1. The van der Waals surface area contributed by atoms with Gasteiger partial charge in [0, 0.05) is 35.7 Å². The van der Waals surface area contributed by atoms with Crippen molar-refractivity contribution in [2.24, 2.45) is 0 Å². The van der Waals surface area contributed by atoms with Crippen LogP contribution in [0.2, 0.25) is 0 Å². The van der Waals surface area contributed by atoms with Gasteiger partial charge in [0.15, 0.2) is 11.5 Å². The van der Waals surface area contributed by atoms with Crippen molar-refractivity contribution >= 4 is 16.8 Å². The number of carbonyl (C=O) groups is 1. The van der Waals surface area contributed by atoms with Gasteiger partial charge in [0.05, 0.1) is 12.1 Å². The van der Waals surface area contributed by atoms with E-state index >= 15 is 0 Å². The third-order valence-electron chi connectivity index (χ3n) is 4.95. The summed E-state index contributed by atoms with van der Waals surface area (Å²) in [6.45, 7) is 2.57. The van der Waals surface area contributed by atoms with Crippen LogP contribution in [0.3, 0.4) is 0 Å². The van der Waals surface area contributed by atoms with Crippen LogP contribution in [-0.2, 0) is 6.54 Å². The Bertz CT molecular complexity index is 1100. The molecule has 0 aliphatic carbocycles. The minimum absolute atomic E-state index is 0.0325. The quantitative estimate of drug-likeness (QED) is 0.671. The number of pyridine rings is 1. The number of amides is 1. The molecule has 2 heterocycles. The van der Waals surface area contributed by atoms with Gasteiger partial charge in [0.25, 0.3) is 11.5 Å². The van der Waals surface area contributed by atoms with Gasteiger partial charge in [-0.15, -0.1) is 0 Å². The molecule has 0 atom stereocenters. The third-order valence-corrected chi connectivity index (χ3v) is 4.95. The van der Waals surface area contributed by atoms with Crippen LogP contribution in [-0.4, -0.2) is 40.8 Å². The van der Waals surface area contributed by atoms with Crippen LogP contribution < -0.4 is 15.0 Å². The van der Waals surface area contributed by atoms with Gasteiger partial charge in [-0.05, 0) is 37.6 Å². The molecule has 1 amide bonds. The second-order valence-electron chi connectivity index (χ2n) is 7.09. The van der Waals surface area contributed by atoms with Crippen LogP contribution in [0.5, 0.6) is 11.5 Å². The maximum atomic E-state index is 13.0. The molecular weight excluding hydrogens is 372 g/mol. The zero-order valence-corrected chi connectivity index (χ0v) is 16.1. The molecule has 7 nitrogen and oxygen atoms in total. The highest BCUT2D eigenvalue weighted by Gasteiger charge is 2.19. The number of carbonyl (C=O) groups excluding carboxylic acids is 1. The molecule has 1 aromatic heterocycles. The van der Waals surface area contributed by atoms with E-state index in [1.165, 1.54) is 0 Å². The largest absolute Gasteiger partial charge is 0.454 e. The number of fused-ring (bicyclic) bond motifs is 2. The molecule has 2 aromatic carbocycles. The first kappa shape index (κ1) is 19.0. The van der Waals surface area contributed by atoms with Crippen LogP contribution in [0.15, 0.2) is 47.3 Å². The number of hydrogen-bond donors (Lipinski definition) is 2. The first-order chi connectivity index (χ1) is 14.0. The summed E-state index contributed by atoms with van der Waals surface area (Å²) in [7, 11) is 0. The van der Waals surface area contributed by atoms with Gasteiger partial charge in [-0.1, -0.05) is 17.7 Å². The lowest BCUT2D eigenvalue weighted by atomic mass is 10.1. The van der Waals surface area contributed by atoms with Gasteiger partial charge < -0.3 is 24.5 Å². The lowest BCUT2D eigenvalue weighted by Gasteiger charge is -2.22. The minimum Gasteiger partial charge on any atom is -0.454 e. The van der Waals surface area contributed by atoms with Crippen molar-refractivity contribution in [3.05, 3.63) is 69.5 Å². The zero-order chi connectivity index (χ0) is 20.4. The molecule has 2 N–H and O–H groups in total. The van der Waals surface area contributed by atoms with Gasteiger partial charge in [0.2, 0.25) is 6.79 Å². The Kier molecular flexibility index (Phi) is 5.22. The molecule has 0 spiro atoms. The van der Waals surface area contributed by atoms with Gasteiger partial charge in [0.1, 0.15) is 0 Å². The van der Waals surface area contributed by atoms with E-state index in [2.05, 4.69) is 4.98 Å². The molecule has 1 aliphatic rings. The van der Waals surface area contributed by atoms with E-state index in [0.717, 1.165) is 10.9 Å². The van der Waals surface area contributed by atoms with E-state index in [0.29, 0.717) is 41.1 Å². The summed E-state index contributed by atoms with van der Waals surface area (Å²) in [6.07, 6.45) is 0.432. The fourth-order valence-corrected chi connectivity index (χ4v) is 3.36. The molecule has 29 heavy (non-hydrogen) atoms. The number of aromatic amines is 1. The number of nitrogens with zero attached hydrogens (tertiary/aromatic N) is 1. The van der Waals surface area contributed by atoms with Crippen molar-refractivity contribution in [2.45, 2.75) is 19.9 Å². The highest BCUT2D eigenvalue weighted by molar-refractivity contribution is 5.94. The molecule has 7 heteroatoms. The van der Waals surface area contributed by atoms with Crippen molar-refractivity contribution in [3.8, 4) is 11.5 Å². The molecule has 0 unspecified atom stereocenters. The van der Waals surface area contributed by atoms with E-state index in [4.69, 9.17) is 9.47 Å². The van der Waals surface area contributed by atoms with Crippen LogP contribution in [0, 0.1) is 6.92 Å². The summed E-state index contributed by atoms with van der Waals surface area (Å²) >= 11 is 0. The van der Waals surface area contributed by atoms with E-state index in [1.54, 1.807) is 29.2 Å². The smallest absolute Gasteiger partial charge is 0.254 e.